The molecule has 27 heavy (non-hydrogen) atoms. The predicted octanol–water partition coefficient (Wildman–Crippen LogP) is 5.36. The Bertz CT molecular complexity index is 1080. The third-order valence-electron chi connectivity index (χ3n) is 3.97. The molecule has 0 fully saturated rings. The lowest BCUT2D eigenvalue weighted by molar-refractivity contribution is 0.471. The SMILES string of the molecule is Cc1ccc(Nc2ncnc3cc(Sc4ccncc4)ccc23)cc1O.Cl. The van der Waals surface area contributed by atoms with Crippen molar-refractivity contribution >= 4 is 46.6 Å². The Morgan fingerprint density at radius 2 is 1.74 bits per heavy atom. The number of aryl methyl sites for hydroxylation is 1. The van der Waals surface area contributed by atoms with E-state index in [0.717, 1.165) is 31.9 Å². The molecule has 5 nitrogen and oxygen atoms in total. The van der Waals surface area contributed by atoms with Crippen molar-refractivity contribution in [1.82, 2.24) is 15.0 Å². The van der Waals surface area contributed by atoms with E-state index in [9.17, 15) is 5.11 Å². The van der Waals surface area contributed by atoms with Crippen molar-refractivity contribution in [3.63, 3.8) is 0 Å². The number of nitrogens with zero attached hydrogens (tertiary/aromatic N) is 3. The predicted molar refractivity (Wildman–Crippen MR) is 111 cm³/mol. The van der Waals surface area contributed by atoms with E-state index in [1.54, 1.807) is 36.5 Å². The number of phenols is 1. The lowest BCUT2D eigenvalue weighted by Crippen LogP contribution is -1.96. The molecule has 0 atom stereocenters. The van der Waals surface area contributed by atoms with Crippen molar-refractivity contribution in [2.45, 2.75) is 16.7 Å². The summed E-state index contributed by atoms with van der Waals surface area (Å²) >= 11 is 1.66. The van der Waals surface area contributed by atoms with Gasteiger partial charge >= 0.3 is 0 Å². The van der Waals surface area contributed by atoms with Crippen LogP contribution in [0.25, 0.3) is 10.9 Å². The lowest BCUT2D eigenvalue weighted by Gasteiger charge is -2.10. The van der Waals surface area contributed by atoms with Gasteiger partial charge in [0.25, 0.3) is 0 Å². The van der Waals surface area contributed by atoms with Crippen LogP contribution in [0.3, 0.4) is 0 Å². The van der Waals surface area contributed by atoms with Crippen LogP contribution >= 0.6 is 24.2 Å². The summed E-state index contributed by atoms with van der Waals surface area (Å²) in [7, 11) is 0. The fourth-order valence-corrected chi connectivity index (χ4v) is 3.40. The molecule has 0 spiro atoms. The minimum absolute atomic E-state index is 0. The summed E-state index contributed by atoms with van der Waals surface area (Å²) < 4.78 is 0. The first-order valence-corrected chi connectivity index (χ1v) is 8.90. The maximum absolute atomic E-state index is 9.89. The van der Waals surface area contributed by atoms with Gasteiger partial charge in [0.15, 0.2) is 0 Å². The van der Waals surface area contributed by atoms with E-state index in [1.165, 1.54) is 0 Å². The highest BCUT2D eigenvalue weighted by Gasteiger charge is 2.07. The van der Waals surface area contributed by atoms with Crippen LogP contribution in [0.4, 0.5) is 11.5 Å². The molecule has 0 bridgehead atoms. The van der Waals surface area contributed by atoms with Gasteiger partial charge in [0, 0.05) is 39.3 Å². The van der Waals surface area contributed by atoms with E-state index < -0.39 is 0 Å². The van der Waals surface area contributed by atoms with Crippen LogP contribution in [0, 0.1) is 6.92 Å². The summed E-state index contributed by atoms with van der Waals surface area (Å²) in [5.41, 5.74) is 2.47. The molecule has 2 aromatic heterocycles. The van der Waals surface area contributed by atoms with E-state index in [4.69, 9.17) is 0 Å². The molecule has 4 rings (SSSR count). The van der Waals surface area contributed by atoms with Crippen LogP contribution in [0.15, 0.2) is 77.0 Å². The molecule has 2 heterocycles. The molecule has 0 amide bonds. The number of nitrogens with one attached hydrogen (secondary N) is 1. The standard InChI is InChI=1S/C20H16N4OS.ClH/c1-13-2-3-14(10-19(13)25)24-20-17-5-4-16(11-18(17)22-12-23-20)26-15-6-8-21-9-7-15;/h2-12,25H,1H3,(H,22,23,24);1H. The number of phenolic OH excluding ortho intramolecular Hbond substituents is 1. The minimum Gasteiger partial charge on any atom is -0.508 e. The van der Waals surface area contributed by atoms with Crippen molar-refractivity contribution < 1.29 is 5.11 Å². The molecule has 0 aliphatic rings. The first-order valence-electron chi connectivity index (χ1n) is 8.08. The molecule has 7 heteroatoms. The topological polar surface area (TPSA) is 70.9 Å². The Labute approximate surface area is 167 Å². The Kier molecular flexibility index (Phi) is 5.78. The number of benzene rings is 2. The summed E-state index contributed by atoms with van der Waals surface area (Å²) in [6.07, 6.45) is 5.11. The summed E-state index contributed by atoms with van der Waals surface area (Å²) in [4.78, 5) is 15.0. The molecular weight excluding hydrogens is 380 g/mol. The monoisotopic (exact) mass is 396 g/mol. The van der Waals surface area contributed by atoms with Crippen LogP contribution < -0.4 is 5.32 Å². The molecule has 2 aromatic carbocycles. The van der Waals surface area contributed by atoms with E-state index in [2.05, 4.69) is 26.3 Å². The molecular formula is C20H17ClN4OS. The Morgan fingerprint density at radius 3 is 2.52 bits per heavy atom. The number of aromatic nitrogens is 3. The van der Waals surface area contributed by atoms with Crippen molar-refractivity contribution in [3.05, 3.63) is 72.8 Å². The normalized spacial score (nSPS) is 10.4. The van der Waals surface area contributed by atoms with E-state index >= 15 is 0 Å². The average molecular weight is 397 g/mol. The molecule has 2 N–H and O–H groups in total. The van der Waals surface area contributed by atoms with E-state index in [-0.39, 0.29) is 18.2 Å². The second-order valence-electron chi connectivity index (χ2n) is 5.81. The van der Waals surface area contributed by atoms with Gasteiger partial charge < -0.3 is 10.4 Å². The fourth-order valence-electron chi connectivity index (χ4n) is 2.57. The number of hydrogen-bond donors (Lipinski definition) is 2. The number of pyridine rings is 1. The summed E-state index contributed by atoms with van der Waals surface area (Å²) in [6.45, 7) is 1.86. The Morgan fingerprint density at radius 1 is 0.926 bits per heavy atom. The number of hydrogen-bond acceptors (Lipinski definition) is 6. The summed E-state index contributed by atoms with van der Waals surface area (Å²) in [5.74, 6) is 0.961. The molecule has 4 aromatic rings. The maximum atomic E-state index is 9.89. The van der Waals surface area contributed by atoms with Crippen molar-refractivity contribution in [2.24, 2.45) is 0 Å². The van der Waals surface area contributed by atoms with Crippen molar-refractivity contribution in [3.8, 4) is 5.75 Å². The first kappa shape index (κ1) is 18.9. The number of fused-ring (bicyclic) bond motifs is 1. The van der Waals surface area contributed by atoms with Gasteiger partial charge in [-0.2, -0.15) is 0 Å². The van der Waals surface area contributed by atoms with E-state index in [1.807, 2.05) is 43.3 Å². The number of rotatable bonds is 4. The molecule has 0 radical (unpaired) electrons. The Balaban J connectivity index is 0.00000210. The largest absolute Gasteiger partial charge is 0.508 e. The van der Waals surface area contributed by atoms with Gasteiger partial charge in [0.2, 0.25) is 0 Å². The van der Waals surface area contributed by atoms with Gasteiger partial charge in [-0.3, -0.25) is 4.98 Å². The summed E-state index contributed by atoms with van der Waals surface area (Å²) in [5, 5.41) is 14.1. The van der Waals surface area contributed by atoms with Crippen molar-refractivity contribution in [2.75, 3.05) is 5.32 Å². The second kappa shape index (κ2) is 8.24. The molecule has 0 aliphatic carbocycles. The van der Waals surface area contributed by atoms with Gasteiger partial charge in [0.05, 0.1) is 5.52 Å². The number of anilines is 2. The third kappa shape index (κ3) is 4.30. The molecule has 136 valence electrons. The smallest absolute Gasteiger partial charge is 0.141 e. The number of aromatic hydroxyl groups is 1. The van der Waals surface area contributed by atoms with E-state index in [0.29, 0.717) is 5.82 Å². The lowest BCUT2D eigenvalue weighted by atomic mass is 10.2. The summed E-state index contributed by atoms with van der Waals surface area (Å²) in [6, 6.07) is 15.5. The van der Waals surface area contributed by atoms with Gasteiger partial charge in [0.1, 0.15) is 17.9 Å². The highest BCUT2D eigenvalue weighted by Crippen LogP contribution is 2.32. The van der Waals surface area contributed by atoms with Gasteiger partial charge in [-0.15, -0.1) is 12.4 Å². The zero-order valence-electron chi connectivity index (χ0n) is 14.5. The molecule has 0 unspecified atom stereocenters. The van der Waals surface area contributed by atoms with Crippen LogP contribution in [-0.2, 0) is 0 Å². The highest BCUT2D eigenvalue weighted by atomic mass is 35.5. The van der Waals surface area contributed by atoms with Crippen LogP contribution in [0.5, 0.6) is 5.75 Å². The Hall–Kier alpha value is -2.83. The highest BCUT2D eigenvalue weighted by molar-refractivity contribution is 7.99. The van der Waals surface area contributed by atoms with Crippen LogP contribution in [0.1, 0.15) is 5.56 Å². The zero-order chi connectivity index (χ0) is 17.9. The minimum atomic E-state index is 0. The van der Waals surface area contributed by atoms with Crippen molar-refractivity contribution in [1.29, 1.82) is 0 Å². The van der Waals surface area contributed by atoms with Crippen LogP contribution in [-0.4, -0.2) is 20.1 Å². The van der Waals surface area contributed by atoms with Gasteiger partial charge in [-0.25, -0.2) is 9.97 Å². The number of halogens is 1. The second-order valence-corrected chi connectivity index (χ2v) is 6.96. The molecule has 0 saturated carbocycles. The van der Waals surface area contributed by atoms with Crippen LogP contribution in [0.2, 0.25) is 0 Å². The molecule has 0 aliphatic heterocycles. The quantitative estimate of drug-likeness (QED) is 0.484. The van der Waals surface area contributed by atoms with Gasteiger partial charge in [-0.1, -0.05) is 17.8 Å². The average Bonchev–Trinajstić information content (AvgIpc) is 2.66. The molecule has 0 saturated heterocycles. The van der Waals surface area contributed by atoms with Gasteiger partial charge in [-0.05, 0) is 48.9 Å². The third-order valence-corrected chi connectivity index (χ3v) is 4.96. The first-order chi connectivity index (χ1) is 12.7. The zero-order valence-corrected chi connectivity index (χ0v) is 16.1. The maximum Gasteiger partial charge on any atom is 0.141 e. The fraction of sp³-hybridized carbons (Fsp3) is 0.0500.